The highest BCUT2D eigenvalue weighted by Crippen LogP contribution is 2.36. The first kappa shape index (κ1) is 29.0. The van der Waals surface area contributed by atoms with Crippen LogP contribution in [0, 0.1) is 17.7 Å². The van der Waals surface area contributed by atoms with Crippen LogP contribution in [0.3, 0.4) is 0 Å². The van der Waals surface area contributed by atoms with Gasteiger partial charge in [0.25, 0.3) is 5.91 Å². The Kier molecular flexibility index (Phi) is 9.20. The van der Waals surface area contributed by atoms with Gasteiger partial charge in [-0.05, 0) is 60.4 Å². The Hall–Kier alpha value is -3.49. The first-order valence-electron chi connectivity index (χ1n) is 14.7. The minimum atomic E-state index is -0.275. The van der Waals surface area contributed by atoms with Crippen molar-refractivity contribution in [3.8, 4) is 0 Å². The summed E-state index contributed by atoms with van der Waals surface area (Å²) in [6, 6.07) is 10.8. The van der Waals surface area contributed by atoms with Crippen molar-refractivity contribution in [2.45, 2.75) is 57.5 Å². The molecule has 0 bridgehead atoms. The average Bonchev–Trinajstić information content (AvgIpc) is 3.35. The molecule has 0 radical (unpaired) electrons. The Morgan fingerprint density at radius 1 is 1.20 bits per heavy atom. The van der Waals surface area contributed by atoms with Crippen molar-refractivity contribution >= 4 is 28.4 Å². The predicted octanol–water partition coefficient (Wildman–Crippen LogP) is 5.84. The zero-order valence-electron chi connectivity index (χ0n) is 23.9. The molecule has 2 aliphatic rings. The van der Waals surface area contributed by atoms with Crippen molar-refractivity contribution in [2.24, 2.45) is 17.6 Å². The molecule has 3 aromatic rings. The van der Waals surface area contributed by atoms with Crippen molar-refractivity contribution in [3.63, 3.8) is 0 Å². The van der Waals surface area contributed by atoms with Gasteiger partial charge in [-0.1, -0.05) is 43.5 Å². The lowest BCUT2D eigenvalue weighted by molar-refractivity contribution is -0.119. The summed E-state index contributed by atoms with van der Waals surface area (Å²) in [4.78, 5) is 29.2. The molecule has 8 heteroatoms. The lowest BCUT2D eigenvalue weighted by atomic mass is 9.79. The van der Waals surface area contributed by atoms with Crippen LogP contribution in [0.1, 0.15) is 65.9 Å². The van der Waals surface area contributed by atoms with Gasteiger partial charge in [0.2, 0.25) is 5.91 Å². The van der Waals surface area contributed by atoms with Gasteiger partial charge >= 0.3 is 0 Å². The molecule has 3 N–H and O–H groups in total. The average molecular weight is 561 g/mol. The summed E-state index contributed by atoms with van der Waals surface area (Å²) in [7, 11) is 1.65. The zero-order chi connectivity index (χ0) is 28.9. The molecule has 7 nitrogen and oxygen atoms in total. The number of fused-ring (bicyclic) bond motifs is 1. The van der Waals surface area contributed by atoms with E-state index in [9.17, 15) is 14.0 Å². The quantitative estimate of drug-likeness (QED) is 0.289. The van der Waals surface area contributed by atoms with Gasteiger partial charge in [-0.25, -0.2) is 4.39 Å². The highest BCUT2D eigenvalue weighted by atomic mass is 19.1. The third kappa shape index (κ3) is 6.23. The molecular weight excluding hydrogens is 519 g/mol. The van der Waals surface area contributed by atoms with E-state index in [0.717, 1.165) is 35.7 Å². The first-order valence-corrected chi connectivity index (χ1v) is 14.7. The van der Waals surface area contributed by atoms with Crippen LogP contribution in [-0.2, 0) is 22.6 Å². The van der Waals surface area contributed by atoms with E-state index in [2.05, 4.69) is 11.9 Å². The number of carbonyl (C=O) groups is 2. The molecule has 218 valence electrons. The summed E-state index contributed by atoms with van der Waals surface area (Å²) in [5.74, 6) is -0.0654. The van der Waals surface area contributed by atoms with Crippen molar-refractivity contribution < 1.29 is 18.7 Å². The molecule has 1 unspecified atom stereocenters. The molecule has 41 heavy (non-hydrogen) atoms. The Balaban J connectivity index is 1.39. The summed E-state index contributed by atoms with van der Waals surface area (Å²) in [5, 5.41) is 3.86. The van der Waals surface area contributed by atoms with Crippen molar-refractivity contribution in [2.75, 3.05) is 32.1 Å². The lowest BCUT2D eigenvalue weighted by Crippen LogP contribution is -2.38. The van der Waals surface area contributed by atoms with E-state index in [1.165, 1.54) is 12.5 Å². The number of amides is 2. The van der Waals surface area contributed by atoms with Crippen LogP contribution in [0.4, 0.5) is 10.1 Å². The lowest BCUT2D eigenvalue weighted by Gasteiger charge is -2.32. The Labute approximate surface area is 241 Å². The number of methoxy groups -OCH3 is 1. The second kappa shape index (κ2) is 13.0. The van der Waals surface area contributed by atoms with Crippen molar-refractivity contribution in [1.82, 2.24) is 9.47 Å². The number of piperidine rings is 1. The number of ether oxygens (including phenoxy) is 1. The fraction of sp³-hybridized carbons (Fsp3) is 0.455. The number of rotatable bonds is 11. The minimum Gasteiger partial charge on any atom is -0.383 e. The highest BCUT2D eigenvalue weighted by Gasteiger charge is 2.30. The van der Waals surface area contributed by atoms with Gasteiger partial charge in [-0.2, -0.15) is 0 Å². The largest absolute Gasteiger partial charge is 0.383 e. The van der Waals surface area contributed by atoms with Gasteiger partial charge in [0.15, 0.2) is 0 Å². The topological polar surface area (TPSA) is 89.6 Å². The van der Waals surface area contributed by atoms with Gasteiger partial charge in [0.05, 0.1) is 29.3 Å². The summed E-state index contributed by atoms with van der Waals surface area (Å²) < 4.78 is 22.0. The van der Waals surface area contributed by atoms with Crippen LogP contribution in [-0.4, -0.2) is 48.1 Å². The second-order valence-electron chi connectivity index (χ2n) is 11.4. The normalized spacial score (nSPS) is 16.9. The number of likely N-dealkylation sites (tertiary alicyclic amines) is 1. The third-order valence-electron chi connectivity index (χ3n) is 8.88. The summed E-state index contributed by atoms with van der Waals surface area (Å²) in [6.45, 7) is 6.40. The first-order chi connectivity index (χ1) is 19.9. The number of anilines is 1. The van der Waals surface area contributed by atoms with Crippen LogP contribution in [0.5, 0.6) is 0 Å². The summed E-state index contributed by atoms with van der Waals surface area (Å²) in [6.07, 6.45) is 9.30. The minimum absolute atomic E-state index is 0.0370. The molecule has 1 saturated carbocycles. The zero-order valence-corrected chi connectivity index (χ0v) is 23.9. The Bertz CT molecular complexity index is 1400. The van der Waals surface area contributed by atoms with Crippen LogP contribution in [0.25, 0.3) is 10.9 Å². The van der Waals surface area contributed by atoms with Crippen LogP contribution < -0.4 is 11.1 Å². The number of hydrogen-bond acceptors (Lipinski definition) is 4. The molecule has 2 aromatic carbocycles. The van der Waals surface area contributed by atoms with Gasteiger partial charge in [0, 0.05) is 44.9 Å². The maximum atomic E-state index is 14.6. The summed E-state index contributed by atoms with van der Waals surface area (Å²) >= 11 is 0. The third-order valence-corrected chi connectivity index (χ3v) is 8.88. The van der Waals surface area contributed by atoms with E-state index in [4.69, 9.17) is 10.5 Å². The molecular formula is C33H41FN4O3. The number of halogens is 1. The van der Waals surface area contributed by atoms with E-state index in [0.29, 0.717) is 68.4 Å². The van der Waals surface area contributed by atoms with E-state index >= 15 is 0 Å². The van der Waals surface area contributed by atoms with Crippen molar-refractivity contribution in [3.05, 3.63) is 77.8 Å². The number of nitrogens with one attached hydrogen (secondary N) is 1. The second-order valence-corrected chi connectivity index (χ2v) is 11.4. The predicted molar refractivity (Wildman–Crippen MR) is 160 cm³/mol. The molecule has 2 fully saturated rings. The number of aromatic nitrogens is 1. The smallest absolute Gasteiger partial charge is 0.256 e. The van der Waals surface area contributed by atoms with Gasteiger partial charge in [-0.15, -0.1) is 6.58 Å². The number of nitrogens with two attached hydrogens (primary N) is 1. The number of benzene rings is 2. The van der Waals surface area contributed by atoms with Gasteiger partial charge in [-0.3, -0.25) is 9.59 Å². The van der Waals surface area contributed by atoms with E-state index in [1.807, 2.05) is 39.9 Å². The fourth-order valence-corrected chi connectivity index (χ4v) is 6.21. The maximum Gasteiger partial charge on any atom is 0.256 e. The number of hydrogen-bond donors (Lipinski definition) is 2. The molecule has 1 atom stereocenters. The highest BCUT2D eigenvalue weighted by molar-refractivity contribution is 6.14. The van der Waals surface area contributed by atoms with Crippen LogP contribution >= 0.6 is 0 Å². The fourth-order valence-electron chi connectivity index (χ4n) is 6.21. The molecule has 1 saturated heterocycles. The molecule has 1 aromatic heterocycles. The Morgan fingerprint density at radius 2 is 1.98 bits per heavy atom. The summed E-state index contributed by atoms with van der Waals surface area (Å²) in [5.41, 5.74) is 9.42. The molecule has 0 spiro atoms. The molecule has 1 aliphatic carbocycles. The van der Waals surface area contributed by atoms with Crippen LogP contribution in [0.15, 0.2) is 55.3 Å². The maximum absolute atomic E-state index is 14.6. The van der Waals surface area contributed by atoms with E-state index in [1.54, 1.807) is 19.3 Å². The Morgan fingerprint density at radius 3 is 2.63 bits per heavy atom. The SMILES string of the molecule is C=CC(CC1CCC1)C(=O)Nc1cccc2c1c(C(=O)N1CCC(c3cc(CN)ccc3F)CC1)cn2CCOC. The van der Waals surface area contributed by atoms with Crippen molar-refractivity contribution in [1.29, 1.82) is 0 Å². The van der Waals surface area contributed by atoms with E-state index in [-0.39, 0.29) is 29.5 Å². The monoisotopic (exact) mass is 560 g/mol. The standard InChI is InChI=1S/C33H41FN4O3/c1-3-24(18-22-6-4-7-22)32(39)36-29-8-5-9-30-31(29)27(21-38(30)16-17-41-2)33(40)37-14-12-25(13-15-37)26-19-23(20-35)10-11-28(26)34/h3,5,8-11,19,21-22,24-25H,1,4,6-7,12-18,20,35H2,2H3,(H,36,39). The number of carbonyl (C=O) groups excluding carboxylic acids is 2. The molecule has 1 aliphatic heterocycles. The van der Waals surface area contributed by atoms with E-state index < -0.39 is 0 Å². The molecule has 2 amide bonds. The number of nitrogens with zero attached hydrogens (tertiary/aromatic N) is 2. The molecule has 5 rings (SSSR count). The molecule has 2 heterocycles. The van der Waals surface area contributed by atoms with Gasteiger partial charge in [0.1, 0.15) is 5.82 Å². The van der Waals surface area contributed by atoms with Crippen LogP contribution in [0.2, 0.25) is 0 Å². The van der Waals surface area contributed by atoms with Gasteiger partial charge < -0.3 is 25.3 Å².